The van der Waals surface area contributed by atoms with Crippen LogP contribution in [0.2, 0.25) is 5.02 Å². The molecule has 0 radical (unpaired) electrons. The van der Waals surface area contributed by atoms with Gasteiger partial charge in [0, 0.05) is 25.2 Å². The lowest BCUT2D eigenvalue weighted by Crippen LogP contribution is -2.61. The van der Waals surface area contributed by atoms with E-state index in [1.165, 1.54) is 12.1 Å². The third kappa shape index (κ3) is 4.35. The van der Waals surface area contributed by atoms with E-state index in [-0.39, 0.29) is 17.4 Å². The van der Waals surface area contributed by atoms with E-state index in [1.54, 1.807) is 6.07 Å². The Morgan fingerprint density at radius 1 is 1.43 bits per heavy atom. The Hall–Kier alpha value is -0.880. The molecule has 2 atom stereocenters. The molecule has 0 aromatic heterocycles. The molecule has 2 N–H and O–H groups in total. The van der Waals surface area contributed by atoms with E-state index in [4.69, 9.17) is 16.3 Å². The fourth-order valence-electron chi connectivity index (χ4n) is 3.13. The van der Waals surface area contributed by atoms with Crippen molar-refractivity contribution in [2.24, 2.45) is 0 Å². The number of nitrogens with zero attached hydrogens (tertiary/aromatic N) is 1. The van der Waals surface area contributed by atoms with Crippen LogP contribution in [0, 0.1) is 5.82 Å². The Kier molecular flexibility index (Phi) is 6.26. The van der Waals surface area contributed by atoms with Crippen LogP contribution in [-0.4, -0.2) is 52.6 Å². The second-order valence-corrected chi connectivity index (χ2v) is 6.62. The molecule has 23 heavy (non-hydrogen) atoms. The summed E-state index contributed by atoms with van der Waals surface area (Å²) in [5.74, 6) is -0.286. The predicted octanol–water partition coefficient (Wildman–Crippen LogP) is 2.84. The molecule has 1 saturated heterocycles. The molecule has 0 amide bonds. The van der Waals surface area contributed by atoms with Gasteiger partial charge in [0.2, 0.25) is 0 Å². The predicted molar refractivity (Wildman–Crippen MR) is 88.4 cm³/mol. The molecular weight excluding hydrogens is 321 g/mol. The Bertz CT molecular complexity index is 527. The molecule has 2 rings (SSSR count). The van der Waals surface area contributed by atoms with Gasteiger partial charge in [-0.1, -0.05) is 25.4 Å². The third-order valence-electron chi connectivity index (χ3n) is 4.63. The van der Waals surface area contributed by atoms with Crippen LogP contribution in [0.5, 0.6) is 5.75 Å². The van der Waals surface area contributed by atoms with Gasteiger partial charge in [-0.25, -0.2) is 4.39 Å². The monoisotopic (exact) mass is 345 g/mol. The summed E-state index contributed by atoms with van der Waals surface area (Å²) >= 11 is 5.64. The van der Waals surface area contributed by atoms with Crippen molar-refractivity contribution in [3.05, 3.63) is 29.0 Å². The van der Waals surface area contributed by atoms with Crippen LogP contribution in [0.3, 0.4) is 0 Å². The van der Waals surface area contributed by atoms with Crippen LogP contribution in [0.4, 0.5) is 4.39 Å². The van der Waals surface area contributed by atoms with Gasteiger partial charge in [-0.3, -0.25) is 4.90 Å². The van der Waals surface area contributed by atoms with E-state index in [9.17, 15) is 14.6 Å². The number of aliphatic hydroxyl groups excluding tert-OH is 1. The number of hydrogen-bond donors (Lipinski definition) is 2. The minimum atomic E-state index is -1.36. The van der Waals surface area contributed by atoms with E-state index < -0.39 is 17.5 Å². The van der Waals surface area contributed by atoms with Crippen LogP contribution in [-0.2, 0) is 0 Å². The maximum Gasteiger partial charge on any atom is 0.145 e. The van der Waals surface area contributed by atoms with Gasteiger partial charge in [-0.15, -0.1) is 0 Å². The lowest BCUT2D eigenvalue weighted by Gasteiger charge is -2.45. The Morgan fingerprint density at radius 3 is 2.74 bits per heavy atom. The smallest absolute Gasteiger partial charge is 0.145 e. The minimum Gasteiger partial charge on any atom is -0.490 e. The zero-order valence-electron chi connectivity index (χ0n) is 13.6. The fourth-order valence-corrected chi connectivity index (χ4v) is 3.24. The highest BCUT2D eigenvalue weighted by Crippen LogP contribution is 2.27. The minimum absolute atomic E-state index is 0.0219. The van der Waals surface area contributed by atoms with Crippen LogP contribution >= 0.6 is 11.6 Å². The summed E-state index contributed by atoms with van der Waals surface area (Å²) in [5, 5.41) is 21.0. The number of hydrogen-bond acceptors (Lipinski definition) is 4. The van der Waals surface area contributed by atoms with Crippen molar-refractivity contribution in [2.75, 3.05) is 19.7 Å². The molecule has 1 heterocycles. The SMILES string of the molecule is CCC(CC)N1CC[C@H](O)[C@@](O)(COc2ccc(Cl)c(F)c2)C1. The quantitative estimate of drug-likeness (QED) is 0.832. The van der Waals surface area contributed by atoms with E-state index >= 15 is 0 Å². The molecule has 1 fully saturated rings. The number of ether oxygens (including phenoxy) is 1. The molecule has 1 aromatic carbocycles. The maximum absolute atomic E-state index is 13.4. The summed E-state index contributed by atoms with van der Waals surface area (Å²) in [4.78, 5) is 2.19. The molecule has 6 heteroatoms. The van der Waals surface area contributed by atoms with Gasteiger partial charge in [0.1, 0.15) is 23.8 Å². The third-order valence-corrected chi connectivity index (χ3v) is 4.93. The summed E-state index contributed by atoms with van der Waals surface area (Å²) in [7, 11) is 0. The summed E-state index contributed by atoms with van der Waals surface area (Å²) in [6, 6.07) is 4.51. The zero-order chi connectivity index (χ0) is 17.0. The number of aliphatic hydroxyl groups is 2. The van der Waals surface area contributed by atoms with Crippen molar-refractivity contribution in [1.29, 1.82) is 0 Å². The average Bonchev–Trinajstić information content (AvgIpc) is 2.53. The number of piperidine rings is 1. The van der Waals surface area contributed by atoms with Gasteiger partial charge in [0.05, 0.1) is 11.1 Å². The molecule has 1 aliphatic rings. The van der Waals surface area contributed by atoms with Gasteiger partial charge in [-0.05, 0) is 31.4 Å². The molecule has 0 saturated carbocycles. The summed E-state index contributed by atoms with van der Waals surface area (Å²) < 4.78 is 19.0. The molecule has 1 aliphatic heterocycles. The van der Waals surface area contributed by atoms with Crippen molar-refractivity contribution in [2.45, 2.75) is 50.9 Å². The van der Waals surface area contributed by atoms with Crippen LogP contribution in [0.25, 0.3) is 0 Å². The Balaban J connectivity index is 2.04. The molecule has 0 aliphatic carbocycles. The number of likely N-dealkylation sites (tertiary alicyclic amines) is 1. The molecular formula is C17H25ClFNO3. The van der Waals surface area contributed by atoms with Crippen LogP contribution in [0.1, 0.15) is 33.1 Å². The Morgan fingerprint density at radius 2 is 2.13 bits per heavy atom. The first-order valence-corrected chi connectivity index (χ1v) is 8.49. The molecule has 1 aromatic rings. The highest BCUT2D eigenvalue weighted by molar-refractivity contribution is 6.30. The average molecular weight is 346 g/mol. The topological polar surface area (TPSA) is 52.9 Å². The second kappa shape index (κ2) is 7.79. The van der Waals surface area contributed by atoms with Crippen molar-refractivity contribution in [3.63, 3.8) is 0 Å². The number of β-amino-alcohol motifs (C(OH)–C–C–N with tert-alkyl or cyclic N) is 1. The van der Waals surface area contributed by atoms with Crippen molar-refractivity contribution < 1.29 is 19.3 Å². The first-order valence-electron chi connectivity index (χ1n) is 8.12. The summed E-state index contributed by atoms with van der Waals surface area (Å²) in [6.45, 7) is 5.24. The van der Waals surface area contributed by atoms with Gasteiger partial charge < -0.3 is 14.9 Å². The first kappa shape index (κ1) is 18.5. The van der Waals surface area contributed by atoms with Crippen molar-refractivity contribution >= 4 is 11.6 Å². The molecule has 130 valence electrons. The molecule has 0 spiro atoms. The zero-order valence-corrected chi connectivity index (χ0v) is 14.4. The molecule has 4 nitrogen and oxygen atoms in total. The largest absolute Gasteiger partial charge is 0.490 e. The van der Waals surface area contributed by atoms with Crippen LogP contribution in [0.15, 0.2) is 18.2 Å². The van der Waals surface area contributed by atoms with E-state index in [2.05, 4.69) is 18.7 Å². The van der Waals surface area contributed by atoms with Gasteiger partial charge in [0.15, 0.2) is 0 Å². The van der Waals surface area contributed by atoms with E-state index in [1.807, 2.05) is 0 Å². The van der Waals surface area contributed by atoms with E-state index in [0.29, 0.717) is 19.0 Å². The van der Waals surface area contributed by atoms with Gasteiger partial charge in [0.25, 0.3) is 0 Å². The van der Waals surface area contributed by atoms with Gasteiger partial charge in [-0.2, -0.15) is 0 Å². The normalized spacial score (nSPS) is 25.8. The molecule has 0 unspecified atom stereocenters. The standard InChI is InChI=1S/C17H25ClFNO3/c1-3-12(4-2)20-8-7-16(21)17(22,10-20)11-23-13-5-6-14(18)15(19)9-13/h5-6,9,12,16,21-22H,3-4,7-8,10-11H2,1-2H3/t16-,17-/m0/s1. The molecule has 0 bridgehead atoms. The number of rotatable bonds is 6. The highest BCUT2D eigenvalue weighted by Gasteiger charge is 2.43. The van der Waals surface area contributed by atoms with Crippen molar-refractivity contribution in [3.8, 4) is 5.75 Å². The highest BCUT2D eigenvalue weighted by atomic mass is 35.5. The second-order valence-electron chi connectivity index (χ2n) is 6.21. The number of halogens is 2. The fraction of sp³-hybridized carbons (Fsp3) is 0.647. The van der Waals surface area contributed by atoms with Crippen molar-refractivity contribution in [1.82, 2.24) is 4.90 Å². The summed E-state index contributed by atoms with van der Waals surface area (Å²) in [6.07, 6.45) is 1.62. The lowest BCUT2D eigenvalue weighted by atomic mass is 9.89. The first-order chi connectivity index (χ1) is 10.9. The number of benzene rings is 1. The van der Waals surface area contributed by atoms with Crippen LogP contribution < -0.4 is 4.74 Å². The maximum atomic E-state index is 13.4. The lowest BCUT2D eigenvalue weighted by molar-refractivity contribution is -0.145. The Labute approximate surface area is 141 Å². The van der Waals surface area contributed by atoms with Gasteiger partial charge >= 0.3 is 0 Å². The van der Waals surface area contributed by atoms with E-state index in [0.717, 1.165) is 19.4 Å². The summed E-state index contributed by atoms with van der Waals surface area (Å²) in [5.41, 5.74) is -1.36.